The molecule has 8 nitrogen and oxygen atoms in total. The molecule has 0 spiro atoms. The van der Waals surface area contributed by atoms with Crippen LogP contribution in [0.2, 0.25) is 0 Å². The number of benzene rings is 1. The quantitative estimate of drug-likeness (QED) is 0.660. The second kappa shape index (κ2) is 8.20. The Kier molecular flexibility index (Phi) is 6.20. The van der Waals surface area contributed by atoms with Gasteiger partial charge in [0.05, 0.1) is 0 Å². The summed E-state index contributed by atoms with van der Waals surface area (Å²) in [6, 6.07) is 5.91. The van der Waals surface area contributed by atoms with Gasteiger partial charge in [-0.3, -0.25) is 19.8 Å². The van der Waals surface area contributed by atoms with Crippen molar-refractivity contribution < 1.29 is 19.2 Å². The highest BCUT2D eigenvalue weighted by molar-refractivity contribution is 6.10. The number of nitrogens with zero attached hydrogens (tertiary/aromatic N) is 1. The fraction of sp³-hybridized carbons (Fsp3) is 0.474. The van der Waals surface area contributed by atoms with E-state index in [0.717, 1.165) is 10.5 Å². The smallest absolute Gasteiger partial charge is 0.325 e. The summed E-state index contributed by atoms with van der Waals surface area (Å²) < 4.78 is 0. The molecule has 1 aromatic rings. The molecule has 3 N–H and O–H groups in total. The van der Waals surface area contributed by atoms with Crippen LogP contribution in [0.4, 0.5) is 9.59 Å². The Balaban J connectivity index is 2.11. The number of aryl methyl sites for hydroxylation is 1. The molecule has 1 aliphatic rings. The third-order valence-electron chi connectivity index (χ3n) is 4.79. The van der Waals surface area contributed by atoms with Gasteiger partial charge in [0.2, 0.25) is 5.91 Å². The van der Waals surface area contributed by atoms with Crippen LogP contribution >= 0.6 is 0 Å². The van der Waals surface area contributed by atoms with E-state index in [1.165, 1.54) is 0 Å². The molecule has 1 aliphatic heterocycles. The largest absolute Gasteiger partial charge is 0.335 e. The minimum atomic E-state index is -1.20. The van der Waals surface area contributed by atoms with E-state index in [1.54, 1.807) is 26.0 Å². The summed E-state index contributed by atoms with van der Waals surface area (Å²) in [5.74, 6) is -1.23. The number of imide groups is 2. The molecule has 2 unspecified atom stereocenters. The number of hydrogen-bond acceptors (Lipinski definition) is 4. The minimum Gasteiger partial charge on any atom is -0.335 e. The van der Waals surface area contributed by atoms with E-state index in [-0.39, 0.29) is 6.04 Å². The number of hydrogen-bond donors (Lipinski definition) is 3. The standard InChI is InChI=1S/C19H26N4O4/c1-5-13(4)20-17(26)21-15(24)11-23-16(25)19(6-2,22-18(23)27)14-9-7-12(3)8-10-14/h7-10,13H,5-6,11H2,1-4H3,(H,22,27)(H2,20,21,24,26). The molecule has 1 aromatic carbocycles. The Bertz CT molecular complexity index is 747. The summed E-state index contributed by atoms with van der Waals surface area (Å²) in [5.41, 5.74) is 0.487. The number of urea groups is 2. The van der Waals surface area contributed by atoms with Gasteiger partial charge in [0.15, 0.2) is 0 Å². The molecule has 1 saturated heterocycles. The highest BCUT2D eigenvalue weighted by Gasteiger charge is 2.51. The van der Waals surface area contributed by atoms with Crippen LogP contribution in [0.3, 0.4) is 0 Å². The fourth-order valence-corrected chi connectivity index (χ4v) is 2.92. The number of rotatable bonds is 6. The van der Waals surface area contributed by atoms with Crippen LogP contribution in [-0.2, 0) is 15.1 Å². The molecule has 0 aromatic heterocycles. The first-order chi connectivity index (χ1) is 12.7. The maximum absolute atomic E-state index is 13.0. The lowest BCUT2D eigenvalue weighted by Crippen LogP contribution is -2.48. The fourth-order valence-electron chi connectivity index (χ4n) is 2.92. The van der Waals surface area contributed by atoms with Crippen molar-refractivity contribution >= 4 is 23.9 Å². The average molecular weight is 374 g/mol. The highest BCUT2D eigenvalue weighted by atomic mass is 16.2. The Morgan fingerprint density at radius 3 is 2.37 bits per heavy atom. The van der Waals surface area contributed by atoms with Gasteiger partial charge in [-0.2, -0.15) is 0 Å². The van der Waals surface area contributed by atoms with Gasteiger partial charge < -0.3 is 10.6 Å². The summed E-state index contributed by atoms with van der Waals surface area (Å²) in [7, 11) is 0. The minimum absolute atomic E-state index is 0.0937. The molecular formula is C19H26N4O4. The number of carbonyl (C=O) groups is 4. The Labute approximate surface area is 158 Å². The van der Waals surface area contributed by atoms with Crippen molar-refractivity contribution in [3.63, 3.8) is 0 Å². The summed E-state index contributed by atoms with van der Waals surface area (Å²) in [6.07, 6.45) is 1.05. The molecular weight excluding hydrogens is 348 g/mol. The van der Waals surface area contributed by atoms with Gasteiger partial charge in [0.1, 0.15) is 12.1 Å². The first-order valence-electron chi connectivity index (χ1n) is 9.05. The van der Waals surface area contributed by atoms with Crippen molar-refractivity contribution in [3.05, 3.63) is 35.4 Å². The van der Waals surface area contributed by atoms with Gasteiger partial charge in [-0.05, 0) is 32.3 Å². The van der Waals surface area contributed by atoms with E-state index < -0.39 is 36.0 Å². The molecule has 6 amide bonds. The molecule has 8 heteroatoms. The molecule has 2 atom stereocenters. The van der Waals surface area contributed by atoms with E-state index in [0.29, 0.717) is 18.4 Å². The molecule has 0 saturated carbocycles. The summed E-state index contributed by atoms with van der Waals surface area (Å²) in [6.45, 7) is 6.90. The second-order valence-electron chi connectivity index (χ2n) is 6.78. The average Bonchev–Trinajstić information content (AvgIpc) is 2.87. The lowest BCUT2D eigenvalue weighted by Gasteiger charge is -2.25. The van der Waals surface area contributed by atoms with Gasteiger partial charge in [-0.1, -0.05) is 43.7 Å². The molecule has 1 heterocycles. The van der Waals surface area contributed by atoms with Crippen molar-refractivity contribution in [2.75, 3.05) is 6.54 Å². The number of nitrogens with one attached hydrogen (secondary N) is 3. The number of amides is 6. The normalized spacial score (nSPS) is 20.2. The number of carbonyl (C=O) groups excluding carboxylic acids is 4. The predicted octanol–water partition coefficient (Wildman–Crippen LogP) is 1.78. The zero-order valence-electron chi connectivity index (χ0n) is 16.1. The second-order valence-corrected chi connectivity index (χ2v) is 6.78. The lowest BCUT2D eigenvalue weighted by molar-refractivity contribution is -0.135. The van der Waals surface area contributed by atoms with Crippen LogP contribution in [0.5, 0.6) is 0 Å². The molecule has 0 radical (unpaired) electrons. The Morgan fingerprint density at radius 2 is 1.81 bits per heavy atom. The topological polar surface area (TPSA) is 108 Å². The van der Waals surface area contributed by atoms with Crippen molar-refractivity contribution in [2.24, 2.45) is 0 Å². The molecule has 2 rings (SSSR count). The maximum Gasteiger partial charge on any atom is 0.325 e. The van der Waals surface area contributed by atoms with Crippen molar-refractivity contribution in [2.45, 2.75) is 52.1 Å². The summed E-state index contributed by atoms with van der Waals surface area (Å²) >= 11 is 0. The molecule has 1 fully saturated rings. The van der Waals surface area contributed by atoms with Gasteiger partial charge in [-0.15, -0.1) is 0 Å². The van der Waals surface area contributed by atoms with E-state index in [4.69, 9.17) is 0 Å². The zero-order valence-corrected chi connectivity index (χ0v) is 16.1. The SMILES string of the molecule is CCC(C)NC(=O)NC(=O)CN1C(=O)NC(CC)(c2ccc(C)cc2)C1=O. The third kappa shape index (κ3) is 4.27. The van der Waals surface area contributed by atoms with E-state index >= 15 is 0 Å². The summed E-state index contributed by atoms with van der Waals surface area (Å²) in [4.78, 5) is 50.0. The Morgan fingerprint density at radius 1 is 1.19 bits per heavy atom. The van der Waals surface area contributed by atoms with Crippen molar-refractivity contribution in [1.29, 1.82) is 0 Å². The van der Waals surface area contributed by atoms with Crippen LogP contribution in [0.25, 0.3) is 0 Å². The predicted molar refractivity (Wildman–Crippen MR) is 99.8 cm³/mol. The lowest BCUT2D eigenvalue weighted by atomic mass is 9.87. The van der Waals surface area contributed by atoms with Crippen LogP contribution in [-0.4, -0.2) is 41.4 Å². The van der Waals surface area contributed by atoms with Gasteiger partial charge >= 0.3 is 12.1 Å². The van der Waals surface area contributed by atoms with E-state index in [9.17, 15) is 19.2 Å². The maximum atomic E-state index is 13.0. The van der Waals surface area contributed by atoms with Gasteiger partial charge in [0.25, 0.3) is 5.91 Å². The first-order valence-corrected chi connectivity index (χ1v) is 9.05. The zero-order chi connectivity index (χ0) is 20.2. The van der Waals surface area contributed by atoms with Crippen LogP contribution in [0.15, 0.2) is 24.3 Å². The van der Waals surface area contributed by atoms with Crippen molar-refractivity contribution in [3.8, 4) is 0 Å². The van der Waals surface area contributed by atoms with Crippen LogP contribution in [0, 0.1) is 6.92 Å². The molecule has 0 bridgehead atoms. The van der Waals surface area contributed by atoms with E-state index in [2.05, 4.69) is 16.0 Å². The van der Waals surface area contributed by atoms with Gasteiger partial charge in [-0.25, -0.2) is 9.59 Å². The molecule has 0 aliphatic carbocycles. The van der Waals surface area contributed by atoms with Gasteiger partial charge in [0, 0.05) is 6.04 Å². The third-order valence-corrected chi connectivity index (χ3v) is 4.79. The highest BCUT2D eigenvalue weighted by Crippen LogP contribution is 2.32. The summed E-state index contributed by atoms with van der Waals surface area (Å²) in [5, 5.41) is 7.44. The molecule has 146 valence electrons. The van der Waals surface area contributed by atoms with Crippen LogP contribution in [0.1, 0.15) is 44.7 Å². The monoisotopic (exact) mass is 374 g/mol. The Hall–Kier alpha value is -2.90. The van der Waals surface area contributed by atoms with E-state index in [1.807, 2.05) is 26.0 Å². The van der Waals surface area contributed by atoms with Crippen LogP contribution < -0.4 is 16.0 Å². The molecule has 27 heavy (non-hydrogen) atoms. The first kappa shape index (κ1) is 20.4. The van der Waals surface area contributed by atoms with Crippen molar-refractivity contribution in [1.82, 2.24) is 20.9 Å².